The molecule has 3 atom stereocenters. The zero-order valence-corrected chi connectivity index (χ0v) is 13.3. The molecule has 2 aliphatic rings. The van der Waals surface area contributed by atoms with E-state index in [1.807, 2.05) is 0 Å². The number of hydrogen-bond donors (Lipinski definition) is 1. The zero-order chi connectivity index (χ0) is 14.5. The minimum absolute atomic E-state index is 0.209. The van der Waals surface area contributed by atoms with Crippen molar-refractivity contribution in [1.29, 1.82) is 0 Å². The number of likely N-dealkylation sites (tertiary alicyclic amines) is 1. The summed E-state index contributed by atoms with van der Waals surface area (Å²) in [5.41, 5.74) is 6.03. The maximum Gasteiger partial charge on any atom is 0.225 e. The lowest BCUT2D eigenvalue weighted by Gasteiger charge is -2.36. The van der Waals surface area contributed by atoms with Crippen LogP contribution in [0.5, 0.6) is 0 Å². The molecule has 2 fully saturated rings. The fourth-order valence-corrected chi connectivity index (χ4v) is 3.99. The topological polar surface area (TPSA) is 46.3 Å². The first-order chi connectivity index (χ1) is 9.61. The average molecular weight is 280 g/mol. The molecular weight excluding hydrogens is 248 g/mol. The number of hydrogen-bond acceptors (Lipinski definition) is 2. The fourth-order valence-electron chi connectivity index (χ4n) is 3.99. The van der Waals surface area contributed by atoms with Crippen molar-refractivity contribution in [3.05, 3.63) is 0 Å². The van der Waals surface area contributed by atoms with Gasteiger partial charge in [-0.2, -0.15) is 0 Å². The second-order valence-electron chi connectivity index (χ2n) is 7.04. The standard InChI is InChI=1S/C17H32N2O/c1-3-15(11-14-7-4-5-8-14)17(20)19-10-6-9-16(12-19)13(2)18/h13-16H,3-12,18H2,1-2H3. The molecule has 3 nitrogen and oxygen atoms in total. The normalized spacial score (nSPS) is 27.6. The number of carbonyl (C=O) groups excluding carboxylic acids is 1. The van der Waals surface area contributed by atoms with Crippen LogP contribution in [0.25, 0.3) is 0 Å². The van der Waals surface area contributed by atoms with Crippen LogP contribution in [0.2, 0.25) is 0 Å². The molecule has 3 unspecified atom stereocenters. The lowest BCUT2D eigenvalue weighted by Crippen LogP contribution is -2.47. The van der Waals surface area contributed by atoms with E-state index in [1.165, 1.54) is 32.1 Å². The first-order valence-corrected chi connectivity index (χ1v) is 8.66. The van der Waals surface area contributed by atoms with Crippen molar-refractivity contribution in [3.8, 4) is 0 Å². The average Bonchev–Trinajstić information content (AvgIpc) is 2.97. The fraction of sp³-hybridized carbons (Fsp3) is 0.941. The van der Waals surface area contributed by atoms with E-state index in [9.17, 15) is 4.79 Å². The molecule has 1 saturated carbocycles. The summed E-state index contributed by atoms with van der Waals surface area (Å²) in [5.74, 6) is 1.96. The Bertz CT molecular complexity index is 304. The monoisotopic (exact) mass is 280 g/mol. The summed E-state index contributed by atoms with van der Waals surface area (Å²) in [6.45, 7) is 6.08. The molecule has 20 heavy (non-hydrogen) atoms. The Morgan fingerprint density at radius 2 is 1.95 bits per heavy atom. The molecule has 1 saturated heterocycles. The molecule has 0 spiro atoms. The maximum absolute atomic E-state index is 12.8. The SMILES string of the molecule is CCC(CC1CCCC1)C(=O)N1CCCC(C(C)N)C1. The van der Waals surface area contributed by atoms with Crippen LogP contribution in [0.4, 0.5) is 0 Å². The molecule has 1 aliphatic carbocycles. The van der Waals surface area contributed by atoms with Crippen molar-refractivity contribution in [1.82, 2.24) is 4.90 Å². The van der Waals surface area contributed by atoms with Gasteiger partial charge in [0, 0.05) is 25.0 Å². The highest BCUT2D eigenvalue weighted by atomic mass is 16.2. The van der Waals surface area contributed by atoms with Crippen LogP contribution in [0.15, 0.2) is 0 Å². The second-order valence-corrected chi connectivity index (χ2v) is 7.04. The Kier molecular flexibility index (Phi) is 5.88. The Morgan fingerprint density at radius 3 is 2.55 bits per heavy atom. The van der Waals surface area contributed by atoms with Gasteiger partial charge in [-0.25, -0.2) is 0 Å². The number of piperidine rings is 1. The van der Waals surface area contributed by atoms with Crippen LogP contribution in [0.3, 0.4) is 0 Å². The lowest BCUT2D eigenvalue weighted by atomic mass is 9.88. The van der Waals surface area contributed by atoms with Gasteiger partial charge in [0.25, 0.3) is 0 Å². The summed E-state index contributed by atoms with van der Waals surface area (Å²) in [5, 5.41) is 0. The van der Waals surface area contributed by atoms with E-state index < -0.39 is 0 Å². The Labute approximate surface area is 124 Å². The summed E-state index contributed by atoms with van der Waals surface area (Å²) in [6, 6.07) is 0.209. The molecular formula is C17H32N2O. The summed E-state index contributed by atoms with van der Waals surface area (Å²) >= 11 is 0. The predicted molar refractivity (Wildman–Crippen MR) is 83.3 cm³/mol. The highest BCUT2D eigenvalue weighted by Gasteiger charge is 2.31. The van der Waals surface area contributed by atoms with E-state index in [2.05, 4.69) is 18.7 Å². The summed E-state index contributed by atoms with van der Waals surface area (Å²) < 4.78 is 0. The Morgan fingerprint density at radius 1 is 1.25 bits per heavy atom. The van der Waals surface area contributed by atoms with Gasteiger partial charge in [0.05, 0.1) is 0 Å². The van der Waals surface area contributed by atoms with Crippen LogP contribution >= 0.6 is 0 Å². The molecule has 2 N–H and O–H groups in total. The quantitative estimate of drug-likeness (QED) is 0.840. The molecule has 1 amide bonds. The molecule has 0 radical (unpaired) electrons. The van der Waals surface area contributed by atoms with Crippen molar-refractivity contribution in [2.24, 2.45) is 23.5 Å². The minimum atomic E-state index is 0.209. The summed E-state index contributed by atoms with van der Waals surface area (Å²) in [7, 11) is 0. The van der Waals surface area contributed by atoms with Crippen molar-refractivity contribution in [3.63, 3.8) is 0 Å². The molecule has 1 aliphatic heterocycles. The van der Waals surface area contributed by atoms with Crippen LogP contribution in [-0.2, 0) is 4.79 Å². The third kappa shape index (κ3) is 3.97. The lowest BCUT2D eigenvalue weighted by molar-refractivity contribution is -0.138. The molecule has 0 aromatic heterocycles. The third-order valence-corrected chi connectivity index (χ3v) is 5.45. The van der Waals surface area contributed by atoms with Crippen molar-refractivity contribution in [2.75, 3.05) is 13.1 Å². The van der Waals surface area contributed by atoms with Crippen LogP contribution in [0, 0.1) is 17.8 Å². The van der Waals surface area contributed by atoms with Crippen molar-refractivity contribution >= 4 is 5.91 Å². The smallest absolute Gasteiger partial charge is 0.225 e. The molecule has 2 rings (SSSR count). The summed E-state index contributed by atoms with van der Waals surface area (Å²) in [4.78, 5) is 14.9. The van der Waals surface area contributed by atoms with Gasteiger partial charge in [0.15, 0.2) is 0 Å². The largest absolute Gasteiger partial charge is 0.342 e. The minimum Gasteiger partial charge on any atom is -0.342 e. The number of carbonyl (C=O) groups is 1. The number of nitrogens with two attached hydrogens (primary N) is 1. The molecule has 3 heteroatoms. The van der Waals surface area contributed by atoms with Gasteiger partial charge in [0.2, 0.25) is 5.91 Å². The van der Waals surface area contributed by atoms with Gasteiger partial charge in [-0.05, 0) is 44.4 Å². The van der Waals surface area contributed by atoms with Gasteiger partial charge >= 0.3 is 0 Å². The van der Waals surface area contributed by atoms with Crippen molar-refractivity contribution < 1.29 is 4.79 Å². The number of rotatable bonds is 5. The molecule has 1 heterocycles. The Hall–Kier alpha value is -0.570. The highest BCUT2D eigenvalue weighted by Crippen LogP contribution is 2.32. The van der Waals surface area contributed by atoms with Gasteiger partial charge in [-0.3, -0.25) is 4.79 Å². The first-order valence-electron chi connectivity index (χ1n) is 8.66. The van der Waals surface area contributed by atoms with Crippen LogP contribution in [0.1, 0.15) is 65.2 Å². The van der Waals surface area contributed by atoms with E-state index in [-0.39, 0.29) is 12.0 Å². The van der Waals surface area contributed by atoms with Crippen LogP contribution < -0.4 is 5.73 Å². The van der Waals surface area contributed by atoms with Gasteiger partial charge < -0.3 is 10.6 Å². The second kappa shape index (κ2) is 7.44. The molecule has 116 valence electrons. The Balaban J connectivity index is 1.89. The number of amides is 1. The van der Waals surface area contributed by atoms with E-state index in [0.29, 0.717) is 11.8 Å². The predicted octanol–water partition coefficient (Wildman–Crippen LogP) is 3.18. The third-order valence-electron chi connectivity index (χ3n) is 5.45. The summed E-state index contributed by atoms with van der Waals surface area (Å²) in [6.07, 6.45) is 9.83. The van der Waals surface area contributed by atoms with Crippen LogP contribution in [-0.4, -0.2) is 29.9 Å². The van der Waals surface area contributed by atoms with Gasteiger partial charge in [0.1, 0.15) is 0 Å². The maximum atomic E-state index is 12.8. The van der Waals surface area contributed by atoms with E-state index in [1.54, 1.807) is 0 Å². The van der Waals surface area contributed by atoms with Crippen molar-refractivity contribution in [2.45, 2.75) is 71.3 Å². The molecule has 0 aromatic rings. The zero-order valence-electron chi connectivity index (χ0n) is 13.3. The van der Waals surface area contributed by atoms with Gasteiger partial charge in [-0.15, -0.1) is 0 Å². The highest BCUT2D eigenvalue weighted by molar-refractivity contribution is 5.79. The van der Waals surface area contributed by atoms with E-state index in [0.717, 1.165) is 38.3 Å². The van der Waals surface area contributed by atoms with E-state index >= 15 is 0 Å². The molecule has 0 aromatic carbocycles. The van der Waals surface area contributed by atoms with Gasteiger partial charge in [-0.1, -0.05) is 32.6 Å². The van der Waals surface area contributed by atoms with E-state index in [4.69, 9.17) is 5.73 Å². The first kappa shape index (κ1) is 15.8. The molecule has 0 bridgehead atoms. The number of nitrogens with zero attached hydrogens (tertiary/aromatic N) is 1.